The highest BCUT2D eigenvalue weighted by atomic mass is 19.4. The molecule has 4 rings (SSSR count). The number of ether oxygens (including phenoxy) is 1. The molecular formula is C21H18F4N4O4. The molecule has 0 atom stereocenters. The number of nitrogens with one attached hydrogen (secondary N) is 1. The fourth-order valence-electron chi connectivity index (χ4n) is 3.46. The number of fused-ring (bicyclic) bond motifs is 3. The van der Waals surface area contributed by atoms with Crippen molar-refractivity contribution in [3.8, 4) is 11.1 Å². The average molecular weight is 466 g/mol. The van der Waals surface area contributed by atoms with Gasteiger partial charge >= 0.3 is 12.3 Å². The van der Waals surface area contributed by atoms with Gasteiger partial charge in [-0.25, -0.2) is 19.2 Å². The van der Waals surface area contributed by atoms with Crippen molar-refractivity contribution in [2.45, 2.75) is 38.2 Å². The van der Waals surface area contributed by atoms with E-state index in [1.165, 1.54) is 18.2 Å². The SMILES string of the molecule is CC(C)(C)OC(=O)N1CC(F)(C(=O)Nc2ccc3c(c2)C(=O)c2nc(C(F)(F)F)ncc2-3)C1. The minimum absolute atomic E-state index is 0.00771. The van der Waals surface area contributed by atoms with E-state index >= 15 is 0 Å². The van der Waals surface area contributed by atoms with Crippen molar-refractivity contribution in [2.75, 3.05) is 18.4 Å². The van der Waals surface area contributed by atoms with Crippen LogP contribution in [-0.4, -0.2) is 57.0 Å². The maximum Gasteiger partial charge on any atom is 0.451 e. The summed E-state index contributed by atoms with van der Waals surface area (Å²) >= 11 is 0. The van der Waals surface area contributed by atoms with Crippen LogP contribution in [0.4, 0.5) is 28.0 Å². The Hall–Kier alpha value is -3.57. The van der Waals surface area contributed by atoms with E-state index in [2.05, 4.69) is 15.3 Å². The minimum atomic E-state index is -4.81. The van der Waals surface area contributed by atoms with Crippen LogP contribution in [0.15, 0.2) is 24.4 Å². The predicted molar refractivity (Wildman–Crippen MR) is 106 cm³/mol. The first-order chi connectivity index (χ1) is 15.2. The Morgan fingerprint density at radius 1 is 1.12 bits per heavy atom. The van der Waals surface area contributed by atoms with E-state index in [0.29, 0.717) is 5.56 Å². The number of halogens is 4. The lowest BCUT2D eigenvalue weighted by Crippen LogP contribution is -2.66. The quantitative estimate of drug-likeness (QED) is 0.579. The molecule has 1 N–H and O–H groups in total. The number of aromatic nitrogens is 2. The standard InChI is InChI=1S/C21H18F4N4O4/c1-19(2,3)33-18(32)29-8-20(22,9-29)17(31)27-10-4-5-11-12(6-10)15(30)14-13(11)7-26-16(28-14)21(23,24)25/h4-7H,8-9H2,1-3H3,(H,27,31). The van der Waals surface area contributed by atoms with Crippen LogP contribution in [0.5, 0.6) is 0 Å². The van der Waals surface area contributed by atoms with Gasteiger partial charge in [-0.1, -0.05) is 6.07 Å². The summed E-state index contributed by atoms with van der Waals surface area (Å²) in [6.45, 7) is 3.97. The fourth-order valence-corrected chi connectivity index (χ4v) is 3.46. The van der Waals surface area contributed by atoms with Gasteiger partial charge in [0.25, 0.3) is 5.91 Å². The molecule has 1 saturated heterocycles. The van der Waals surface area contributed by atoms with Crippen molar-refractivity contribution in [3.05, 3.63) is 41.5 Å². The highest BCUT2D eigenvalue weighted by molar-refractivity contribution is 6.21. The number of ketones is 1. The maximum absolute atomic E-state index is 14.9. The number of hydrogen-bond donors (Lipinski definition) is 1. The third kappa shape index (κ3) is 4.12. The molecule has 2 aliphatic rings. The molecule has 0 radical (unpaired) electrons. The molecule has 1 aromatic heterocycles. The summed E-state index contributed by atoms with van der Waals surface area (Å²) in [6.07, 6.45) is -4.64. The van der Waals surface area contributed by atoms with Gasteiger partial charge in [-0.15, -0.1) is 0 Å². The monoisotopic (exact) mass is 466 g/mol. The Balaban J connectivity index is 1.47. The summed E-state index contributed by atoms with van der Waals surface area (Å²) in [4.78, 5) is 44.6. The number of hydrogen-bond acceptors (Lipinski definition) is 6. The largest absolute Gasteiger partial charge is 0.451 e. The molecule has 2 heterocycles. The number of benzene rings is 1. The summed E-state index contributed by atoms with van der Waals surface area (Å²) < 4.78 is 58.7. The van der Waals surface area contributed by atoms with Gasteiger partial charge in [0.15, 0.2) is 0 Å². The second-order valence-electron chi connectivity index (χ2n) is 8.80. The molecule has 0 saturated carbocycles. The third-order valence-electron chi connectivity index (χ3n) is 5.01. The second-order valence-corrected chi connectivity index (χ2v) is 8.80. The number of likely N-dealkylation sites (tertiary alicyclic amines) is 1. The molecule has 1 aromatic carbocycles. The highest BCUT2D eigenvalue weighted by Gasteiger charge is 2.53. The van der Waals surface area contributed by atoms with E-state index in [4.69, 9.17) is 4.74 Å². The van der Waals surface area contributed by atoms with Crippen molar-refractivity contribution >= 4 is 23.5 Å². The maximum atomic E-state index is 14.9. The first-order valence-corrected chi connectivity index (χ1v) is 9.80. The Morgan fingerprint density at radius 3 is 2.39 bits per heavy atom. The molecule has 8 nitrogen and oxygen atoms in total. The Labute approximate surface area is 185 Å². The molecule has 12 heteroatoms. The molecular weight excluding hydrogens is 448 g/mol. The fraction of sp³-hybridized carbons (Fsp3) is 0.381. The first-order valence-electron chi connectivity index (χ1n) is 9.80. The normalized spacial score (nSPS) is 16.6. The number of amides is 2. The molecule has 2 amide bonds. The summed E-state index contributed by atoms with van der Waals surface area (Å²) in [7, 11) is 0. The zero-order valence-electron chi connectivity index (χ0n) is 17.7. The molecule has 1 fully saturated rings. The summed E-state index contributed by atoms with van der Waals surface area (Å²) in [6, 6.07) is 4.02. The molecule has 33 heavy (non-hydrogen) atoms. The summed E-state index contributed by atoms with van der Waals surface area (Å²) in [5, 5.41) is 2.34. The van der Waals surface area contributed by atoms with Crippen LogP contribution < -0.4 is 5.32 Å². The van der Waals surface area contributed by atoms with Crippen molar-refractivity contribution in [1.82, 2.24) is 14.9 Å². The van der Waals surface area contributed by atoms with Crippen molar-refractivity contribution in [2.24, 2.45) is 0 Å². The lowest BCUT2D eigenvalue weighted by Gasteiger charge is -2.43. The van der Waals surface area contributed by atoms with E-state index < -0.39 is 59.8 Å². The van der Waals surface area contributed by atoms with Crippen molar-refractivity contribution in [3.63, 3.8) is 0 Å². The van der Waals surface area contributed by atoms with E-state index in [-0.39, 0.29) is 16.8 Å². The lowest BCUT2D eigenvalue weighted by atomic mass is 9.95. The number of rotatable bonds is 2. The minimum Gasteiger partial charge on any atom is -0.444 e. The molecule has 1 aliphatic carbocycles. The van der Waals surface area contributed by atoms with E-state index in [1.807, 2.05) is 0 Å². The van der Waals surface area contributed by atoms with Gasteiger partial charge in [0.05, 0.1) is 13.1 Å². The number of carbonyl (C=O) groups excluding carboxylic acids is 3. The molecule has 0 spiro atoms. The van der Waals surface area contributed by atoms with E-state index in [9.17, 15) is 31.9 Å². The zero-order valence-corrected chi connectivity index (χ0v) is 17.7. The van der Waals surface area contributed by atoms with Crippen LogP contribution in [-0.2, 0) is 15.7 Å². The zero-order chi connectivity index (χ0) is 24.3. The predicted octanol–water partition coefficient (Wildman–Crippen LogP) is 3.60. The third-order valence-corrected chi connectivity index (χ3v) is 5.01. The van der Waals surface area contributed by atoms with E-state index in [0.717, 1.165) is 11.1 Å². The van der Waals surface area contributed by atoms with Gasteiger partial charge < -0.3 is 15.0 Å². The van der Waals surface area contributed by atoms with Crippen molar-refractivity contribution < 1.29 is 36.7 Å². The molecule has 0 bridgehead atoms. The smallest absolute Gasteiger partial charge is 0.444 e. The highest BCUT2D eigenvalue weighted by Crippen LogP contribution is 2.38. The Morgan fingerprint density at radius 2 is 1.79 bits per heavy atom. The van der Waals surface area contributed by atoms with Gasteiger partial charge in [0.2, 0.25) is 17.3 Å². The van der Waals surface area contributed by atoms with Crippen LogP contribution in [0.2, 0.25) is 0 Å². The summed E-state index contributed by atoms with van der Waals surface area (Å²) in [5.41, 5.74) is -3.01. The van der Waals surface area contributed by atoms with Crippen LogP contribution in [0.25, 0.3) is 11.1 Å². The van der Waals surface area contributed by atoms with Crippen molar-refractivity contribution in [1.29, 1.82) is 0 Å². The van der Waals surface area contributed by atoms with Crippen LogP contribution >= 0.6 is 0 Å². The van der Waals surface area contributed by atoms with Gasteiger partial charge in [-0.05, 0) is 38.5 Å². The Kier molecular flexibility index (Phi) is 4.95. The molecule has 0 unspecified atom stereocenters. The number of nitrogens with zero attached hydrogens (tertiary/aromatic N) is 3. The Bertz CT molecular complexity index is 1180. The van der Waals surface area contributed by atoms with Crippen LogP contribution in [0.3, 0.4) is 0 Å². The topological polar surface area (TPSA) is 101 Å². The number of anilines is 1. The number of alkyl halides is 4. The molecule has 2 aromatic rings. The van der Waals surface area contributed by atoms with Gasteiger partial charge in [-0.3, -0.25) is 9.59 Å². The summed E-state index contributed by atoms with van der Waals surface area (Å²) in [5.74, 6) is -3.22. The van der Waals surface area contributed by atoms with Crippen LogP contribution in [0, 0.1) is 0 Å². The second kappa shape index (κ2) is 7.22. The molecule has 1 aliphatic heterocycles. The van der Waals surface area contributed by atoms with Gasteiger partial charge in [0.1, 0.15) is 11.3 Å². The number of carbonyl (C=O) groups is 3. The van der Waals surface area contributed by atoms with Crippen LogP contribution in [0.1, 0.15) is 42.6 Å². The van der Waals surface area contributed by atoms with E-state index in [1.54, 1.807) is 20.8 Å². The molecule has 174 valence electrons. The first kappa shape index (κ1) is 22.6. The lowest BCUT2D eigenvalue weighted by molar-refractivity contribution is -0.145. The van der Waals surface area contributed by atoms with Gasteiger partial charge in [0, 0.05) is 23.0 Å². The average Bonchev–Trinajstić information content (AvgIpc) is 2.95. The van der Waals surface area contributed by atoms with Gasteiger partial charge in [-0.2, -0.15) is 13.2 Å².